The number of ether oxygens (including phenoxy) is 1. The van der Waals surface area contributed by atoms with E-state index in [0.29, 0.717) is 6.42 Å². The highest BCUT2D eigenvalue weighted by molar-refractivity contribution is 7.92. The van der Waals surface area contributed by atoms with Crippen LogP contribution in [0.1, 0.15) is 19.4 Å². The van der Waals surface area contributed by atoms with Crippen LogP contribution in [-0.2, 0) is 16.3 Å². The van der Waals surface area contributed by atoms with Gasteiger partial charge in [0, 0.05) is 5.54 Å². The summed E-state index contributed by atoms with van der Waals surface area (Å²) in [6.07, 6.45) is 0.486. The van der Waals surface area contributed by atoms with E-state index in [1.165, 1.54) is 0 Å². The van der Waals surface area contributed by atoms with Crippen LogP contribution in [0, 0.1) is 0 Å². The van der Waals surface area contributed by atoms with E-state index < -0.39 is 9.84 Å². The van der Waals surface area contributed by atoms with E-state index in [1.807, 2.05) is 38.1 Å². The first-order valence-corrected chi connectivity index (χ1v) is 7.81. The van der Waals surface area contributed by atoms with E-state index >= 15 is 0 Å². The van der Waals surface area contributed by atoms with Crippen molar-refractivity contribution in [3.05, 3.63) is 29.8 Å². The van der Waals surface area contributed by atoms with Crippen LogP contribution in [0.15, 0.2) is 24.3 Å². The molecule has 0 unspecified atom stereocenters. The summed E-state index contributed by atoms with van der Waals surface area (Å²) in [5.74, 6) is 0.983. The quantitative estimate of drug-likeness (QED) is 0.890. The highest BCUT2D eigenvalue weighted by Gasteiger charge is 2.35. The second-order valence-electron chi connectivity index (χ2n) is 5.59. The van der Waals surface area contributed by atoms with Gasteiger partial charge < -0.3 is 10.5 Å². The third-order valence-electron chi connectivity index (χ3n) is 2.79. The van der Waals surface area contributed by atoms with Gasteiger partial charge in [0.15, 0.2) is 9.84 Å². The molecule has 0 aromatic heterocycles. The highest BCUT2D eigenvalue weighted by Crippen LogP contribution is 2.26. The van der Waals surface area contributed by atoms with Crippen molar-refractivity contribution in [3.8, 4) is 5.75 Å². The monoisotopic (exact) mass is 269 g/mol. The van der Waals surface area contributed by atoms with Gasteiger partial charge in [0.2, 0.25) is 0 Å². The molecule has 2 N–H and O–H groups in total. The van der Waals surface area contributed by atoms with E-state index in [2.05, 4.69) is 0 Å². The summed E-state index contributed by atoms with van der Waals surface area (Å²) in [4.78, 5) is 0. The molecule has 1 heterocycles. The minimum atomic E-state index is -2.85. The molecule has 4 nitrogen and oxygen atoms in total. The average Bonchev–Trinajstić information content (AvgIpc) is 2.16. The van der Waals surface area contributed by atoms with Crippen molar-refractivity contribution < 1.29 is 13.2 Å². The zero-order chi connectivity index (χ0) is 13.4. The summed E-state index contributed by atoms with van der Waals surface area (Å²) >= 11 is 0. The van der Waals surface area contributed by atoms with Crippen LogP contribution < -0.4 is 10.5 Å². The van der Waals surface area contributed by atoms with Crippen molar-refractivity contribution in [1.82, 2.24) is 0 Å². The van der Waals surface area contributed by atoms with Crippen molar-refractivity contribution in [2.75, 3.05) is 11.5 Å². The fraction of sp³-hybridized carbons (Fsp3) is 0.538. The van der Waals surface area contributed by atoms with Crippen LogP contribution in [0.5, 0.6) is 5.75 Å². The molecular formula is C13H19NO3S. The third kappa shape index (κ3) is 3.46. The molecule has 100 valence electrons. The lowest BCUT2D eigenvalue weighted by molar-refractivity contribution is 0.227. The lowest BCUT2D eigenvalue weighted by Crippen LogP contribution is -2.45. The number of hydrogen-bond acceptors (Lipinski definition) is 4. The van der Waals surface area contributed by atoms with Crippen molar-refractivity contribution in [2.24, 2.45) is 5.73 Å². The molecule has 1 saturated heterocycles. The smallest absolute Gasteiger partial charge is 0.157 e. The fourth-order valence-corrected chi connectivity index (χ4v) is 3.19. The van der Waals surface area contributed by atoms with E-state index in [9.17, 15) is 8.42 Å². The van der Waals surface area contributed by atoms with E-state index in [-0.39, 0.29) is 23.1 Å². The number of hydrogen-bond donors (Lipinski definition) is 1. The molecule has 0 saturated carbocycles. The number of sulfone groups is 1. The molecule has 1 fully saturated rings. The molecule has 0 aliphatic carbocycles. The Morgan fingerprint density at radius 2 is 1.94 bits per heavy atom. The molecule has 5 heteroatoms. The molecule has 1 aliphatic heterocycles. The van der Waals surface area contributed by atoms with Gasteiger partial charge in [-0.1, -0.05) is 18.2 Å². The second kappa shape index (κ2) is 4.55. The topological polar surface area (TPSA) is 69.4 Å². The molecule has 18 heavy (non-hydrogen) atoms. The lowest BCUT2D eigenvalue weighted by atomic mass is 9.96. The number of nitrogens with two attached hydrogens (primary N) is 1. The van der Waals surface area contributed by atoms with Gasteiger partial charge in [-0.15, -0.1) is 0 Å². The van der Waals surface area contributed by atoms with Crippen LogP contribution in [0.4, 0.5) is 0 Å². The van der Waals surface area contributed by atoms with Crippen molar-refractivity contribution in [2.45, 2.75) is 31.9 Å². The summed E-state index contributed by atoms with van der Waals surface area (Å²) in [5.41, 5.74) is 6.71. The Hall–Kier alpha value is -1.07. The predicted molar refractivity (Wildman–Crippen MR) is 71.5 cm³/mol. The number of benzene rings is 1. The number of rotatable bonds is 4. The SMILES string of the molecule is CC(C)(N)Cc1ccccc1OC1CS(=O)(=O)C1. The van der Waals surface area contributed by atoms with Crippen molar-refractivity contribution in [3.63, 3.8) is 0 Å². The summed E-state index contributed by atoms with van der Waals surface area (Å²) in [6.45, 7) is 3.91. The zero-order valence-corrected chi connectivity index (χ0v) is 11.5. The Morgan fingerprint density at radius 1 is 1.33 bits per heavy atom. The van der Waals surface area contributed by atoms with Gasteiger partial charge >= 0.3 is 0 Å². The molecular weight excluding hydrogens is 250 g/mol. The van der Waals surface area contributed by atoms with Gasteiger partial charge in [0.25, 0.3) is 0 Å². The molecule has 0 spiro atoms. The normalized spacial score (nSPS) is 19.3. The number of para-hydroxylation sites is 1. The Bertz CT molecular complexity index is 519. The minimum absolute atomic E-state index is 0.118. The maximum absolute atomic E-state index is 11.1. The van der Waals surface area contributed by atoms with Crippen LogP contribution in [0.2, 0.25) is 0 Å². The average molecular weight is 269 g/mol. The van der Waals surface area contributed by atoms with E-state index in [0.717, 1.165) is 11.3 Å². The van der Waals surface area contributed by atoms with Crippen LogP contribution in [0.25, 0.3) is 0 Å². The van der Waals surface area contributed by atoms with E-state index in [4.69, 9.17) is 10.5 Å². The standard InChI is InChI=1S/C13H19NO3S/c1-13(2,14)7-10-5-3-4-6-12(10)17-11-8-18(15,16)9-11/h3-6,11H,7-9,14H2,1-2H3. The predicted octanol–water partition coefficient (Wildman–Crippen LogP) is 1.14. The maximum atomic E-state index is 11.1. The fourth-order valence-electron chi connectivity index (χ4n) is 2.02. The second-order valence-corrected chi connectivity index (χ2v) is 7.74. The molecule has 0 bridgehead atoms. The van der Waals surface area contributed by atoms with Gasteiger partial charge in [-0.3, -0.25) is 0 Å². The Morgan fingerprint density at radius 3 is 2.50 bits per heavy atom. The first-order chi connectivity index (χ1) is 8.25. The van der Waals surface area contributed by atoms with Gasteiger partial charge in [-0.05, 0) is 31.9 Å². The Labute approximate surface area is 108 Å². The van der Waals surface area contributed by atoms with Crippen LogP contribution >= 0.6 is 0 Å². The maximum Gasteiger partial charge on any atom is 0.157 e. The molecule has 2 rings (SSSR count). The lowest BCUT2D eigenvalue weighted by Gasteiger charge is -2.28. The zero-order valence-electron chi connectivity index (χ0n) is 10.7. The highest BCUT2D eigenvalue weighted by atomic mass is 32.2. The van der Waals surface area contributed by atoms with Gasteiger partial charge in [0.1, 0.15) is 11.9 Å². The Kier molecular flexibility index (Phi) is 3.38. The molecule has 1 aromatic carbocycles. The molecule has 0 radical (unpaired) electrons. The Balaban J connectivity index is 2.09. The first kappa shape index (κ1) is 13.4. The van der Waals surface area contributed by atoms with Crippen molar-refractivity contribution in [1.29, 1.82) is 0 Å². The van der Waals surface area contributed by atoms with Gasteiger partial charge in [0.05, 0.1) is 11.5 Å². The molecule has 1 aliphatic rings. The largest absolute Gasteiger partial charge is 0.488 e. The summed E-state index contributed by atoms with van der Waals surface area (Å²) in [7, 11) is -2.85. The van der Waals surface area contributed by atoms with Gasteiger partial charge in [-0.25, -0.2) is 8.42 Å². The molecule has 0 amide bonds. The molecule has 0 atom stereocenters. The van der Waals surface area contributed by atoms with E-state index in [1.54, 1.807) is 0 Å². The molecule has 1 aromatic rings. The third-order valence-corrected chi connectivity index (χ3v) is 4.55. The summed E-state index contributed by atoms with van der Waals surface area (Å²) in [5, 5.41) is 0. The van der Waals surface area contributed by atoms with Crippen LogP contribution in [0.3, 0.4) is 0 Å². The first-order valence-electron chi connectivity index (χ1n) is 5.99. The van der Waals surface area contributed by atoms with Crippen LogP contribution in [-0.4, -0.2) is 31.6 Å². The summed E-state index contributed by atoms with van der Waals surface area (Å²) in [6, 6.07) is 7.66. The minimum Gasteiger partial charge on any atom is -0.488 e. The van der Waals surface area contributed by atoms with Gasteiger partial charge in [-0.2, -0.15) is 0 Å². The summed E-state index contributed by atoms with van der Waals surface area (Å²) < 4.78 is 27.9. The van der Waals surface area contributed by atoms with Crippen molar-refractivity contribution >= 4 is 9.84 Å².